The first kappa shape index (κ1) is 16.5. The van der Waals surface area contributed by atoms with Crippen LogP contribution in [0.2, 0.25) is 0 Å². The molecule has 1 aliphatic rings. The second-order valence-corrected chi connectivity index (χ2v) is 7.87. The summed E-state index contributed by atoms with van der Waals surface area (Å²) in [7, 11) is -3.59. The Hall–Kier alpha value is -2.96. The van der Waals surface area contributed by atoms with Gasteiger partial charge in [0.2, 0.25) is 10.0 Å². The van der Waals surface area contributed by atoms with E-state index in [1.165, 1.54) is 16.7 Å². The number of hydrogen-bond donors (Lipinski definition) is 1. The summed E-state index contributed by atoms with van der Waals surface area (Å²) in [5.41, 5.74) is 1.06. The molecule has 1 N–H and O–H groups in total. The van der Waals surface area contributed by atoms with Crippen LogP contribution in [0.3, 0.4) is 0 Å². The van der Waals surface area contributed by atoms with E-state index in [2.05, 4.69) is 15.0 Å². The smallest absolute Gasteiger partial charge is 0.245 e. The van der Waals surface area contributed by atoms with Gasteiger partial charge in [-0.1, -0.05) is 0 Å². The molecule has 3 aromatic heterocycles. The number of nitriles is 1. The molecule has 8 nitrogen and oxygen atoms in total. The largest absolute Gasteiger partial charge is 0.354 e. The van der Waals surface area contributed by atoms with Crippen molar-refractivity contribution in [1.82, 2.24) is 19.3 Å². The summed E-state index contributed by atoms with van der Waals surface area (Å²) in [6.07, 6.45) is 4.65. The Morgan fingerprint density at radius 1 is 1.12 bits per heavy atom. The van der Waals surface area contributed by atoms with Crippen LogP contribution in [0.5, 0.6) is 0 Å². The number of sulfonamides is 1. The first-order valence-corrected chi connectivity index (χ1v) is 9.57. The van der Waals surface area contributed by atoms with E-state index >= 15 is 0 Å². The molecular formula is C17H16N6O2S. The number of nitrogens with one attached hydrogen (secondary N) is 1. The standard InChI is InChI=1S/C17H16N6O2S/c18-10-13-3-4-16(20-11-13)22-6-8-23(9-7-22)26(24,25)15-12-21-17-14(15)2-1-5-19-17/h1-5,11-12H,6-9H2,(H,19,21). The van der Waals surface area contributed by atoms with Crippen molar-refractivity contribution < 1.29 is 8.42 Å². The molecule has 0 saturated carbocycles. The summed E-state index contributed by atoms with van der Waals surface area (Å²) in [5, 5.41) is 9.45. The van der Waals surface area contributed by atoms with Gasteiger partial charge in [-0.15, -0.1) is 0 Å². The van der Waals surface area contributed by atoms with Crippen molar-refractivity contribution in [3.63, 3.8) is 0 Å². The average molecular weight is 368 g/mol. The van der Waals surface area contributed by atoms with E-state index in [4.69, 9.17) is 5.26 Å². The molecule has 1 aliphatic heterocycles. The van der Waals surface area contributed by atoms with Crippen LogP contribution in [0, 0.1) is 11.3 Å². The van der Waals surface area contributed by atoms with Gasteiger partial charge >= 0.3 is 0 Å². The van der Waals surface area contributed by atoms with Gasteiger partial charge in [0.1, 0.15) is 22.4 Å². The third-order valence-corrected chi connectivity index (χ3v) is 6.41. The highest BCUT2D eigenvalue weighted by atomic mass is 32.2. The van der Waals surface area contributed by atoms with Crippen molar-refractivity contribution in [2.75, 3.05) is 31.1 Å². The molecule has 26 heavy (non-hydrogen) atoms. The molecule has 0 radical (unpaired) electrons. The molecule has 0 aliphatic carbocycles. The Labute approximate surface area is 150 Å². The van der Waals surface area contributed by atoms with Gasteiger partial charge in [0.25, 0.3) is 0 Å². The van der Waals surface area contributed by atoms with Crippen LogP contribution in [0.15, 0.2) is 47.8 Å². The second-order valence-electron chi connectivity index (χ2n) is 5.96. The van der Waals surface area contributed by atoms with Gasteiger partial charge in [0, 0.05) is 50.2 Å². The van der Waals surface area contributed by atoms with Gasteiger partial charge in [-0.25, -0.2) is 18.4 Å². The predicted octanol–water partition coefficient (Wildman–Crippen LogP) is 1.34. The molecule has 0 amide bonds. The van der Waals surface area contributed by atoms with E-state index in [9.17, 15) is 8.42 Å². The maximum Gasteiger partial charge on any atom is 0.245 e. The van der Waals surface area contributed by atoms with Crippen molar-refractivity contribution in [3.8, 4) is 6.07 Å². The number of hydrogen-bond acceptors (Lipinski definition) is 6. The van der Waals surface area contributed by atoms with E-state index in [0.29, 0.717) is 42.8 Å². The SMILES string of the molecule is N#Cc1ccc(N2CCN(S(=O)(=O)c3c[nH]c4ncccc34)CC2)nc1. The number of piperazine rings is 1. The normalized spacial score (nSPS) is 15.9. The number of aromatic nitrogens is 3. The Morgan fingerprint density at radius 3 is 2.62 bits per heavy atom. The topological polar surface area (TPSA) is 106 Å². The quantitative estimate of drug-likeness (QED) is 0.748. The zero-order valence-corrected chi connectivity index (χ0v) is 14.6. The lowest BCUT2D eigenvalue weighted by Gasteiger charge is -2.34. The van der Waals surface area contributed by atoms with Crippen molar-refractivity contribution in [2.24, 2.45) is 0 Å². The van der Waals surface area contributed by atoms with Gasteiger partial charge in [0.15, 0.2) is 0 Å². The minimum atomic E-state index is -3.59. The van der Waals surface area contributed by atoms with Crippen LogP contribution >= 0.6 is 0 Å². The minimum absolute atomic E-state index is 0.255. The third kappa shape index (κ3) is 2.79. The van der Waals surface area contributed by atoms with Gasteiger partial charge in [-0.2, -0.15) is 9.57 Å². The highest BCUT2D eigenvalue weighted by Crippen LogP contribution is 2.25. The minimum Gasteiger partial charge on any atom is -0.354 e. The lowest BCUT2D eigenvalue weighted by Crippen LogP contribution is -2.48. The monoisotopic (exact) mass is 368 g/mol. The number of aromatic amines is 1. The first-order chi connectivity index (χ1) is 12.6. The number of nitrogens with zero attached hydrogens (tertiary/aromatic N) is 5. The Kier molecular flexibility index (Phi) is 4.06. The summed E-state index contributed by atoms with van der Waals surface area (Å²) in [5.74, 6) is 0.748. The van der Waals surface area contributed by atoms with E-state index in [1.807, 2.05) is 11.0 Å². The lowest BCUT2D eigenvalue weighted by atomic mass is 10.3. The lowest BCUT2D eigenvalue weighted by molar-refractivity contribution is 0.384. The summed E-state index contributed by atoms with van der Waals surface area (Å²) in [6.45, 7) is 1.82. The molecule has 0 atom stereocenters. The molecule has 9 heteroatoms. The fourth-order valence-electron chi connectivity index (χ4n) is 3.08. The van der Waals surface area contributed by atoms with Crippen LogP contribution in [-0.4, -0.2) is 53.9 Å². The second kappa shape index (κ2) is 6.40. The molecule has 3 aromatic rings. The highest BCUT2D eigenvalue weighted by Gasteiger charge is 2.30. The number of anilines is 1. The fraction of sp³-hybridized carbons (Fsp3) is 0.235. The molecule has 0 bridgehead atoms. The highest BCUT2D eigenvalue weighted by molar-refractivity contribution is 7.89. The zero-order valence-electron chi connectivity index (χ0n) is 13.8. The molecular weight excluding hydrogens is 352 g/mol. The van der Waals surface area contributed by atoms with Gasteiger partial charge in [-0.3, -0.25) is 0 Å². The van der Waals surface area contributed by atoms with E-state index in [1.54, 1.807) is 30.5 Å². The van der Waals surface area contributed by atoms with E-state index < -0.39 is 10.0 Å². The summed E-state index contributed by atoms with van der Waals surface area (Å²) < 4.78 is 27.5. The molecule has 1 saturated heterocycles. The number of H-pyrrole nitrogens is 1. The molecule has 4 heterocycles. The predicted molar refractivity (Wildman–Crippen MR) is 96.0 cm³/mol. The maximum atomic E-state index is 13.0. The Morgan fingerprint density at radius 2 is 1.92 bits per heavy atom. The van der Waals surface area contributed by atoms with Crippen LogP contribution in [0.1, 0.15) is 5.56 Å². The van der Waals surface area contributed by atoms with Crippen molar-refractivity contribution in [3.05, 3.63) is 48.4 Å². The Bertz CT molecular complexity index is 1080. The first-order valence-electron chi connectivity index (χ1n) is 8.13. The average Bonchev–Trinajstić information content (AvgIpc) is 3.13. The Balaban J connectivity index is 1.52. The van der Waals surface area contributed by atoms with Crippen molar-refractivity contribution in [2.45, 2.75) is 4.90 Å². The van der Waals surface area contributed by atoms with Crippen molar-refractivity contribution >= 4 is 26.9 Å². The summed E-state index contributed by atoms with van der Waals surface area (Å²) in [6, 6.07) is 9.01. The molecule has 0 aromatic carbocycles. The third-order valence-electron chi connectivity index (χ3n) is 4.47. The van der Waals surface area contributed by atoms with Crippen LogP contribution in [0.25, 0.3) is 11.0 Å². The fourth-order valence-corrected chi connectivity index (χ4v) is 4.65. The number of rotatable bonds is 3. The number of fused-ring (bicyclic) bond motifs is 1. The van der Waals surface area contributed by atoms with Crippen LogP contribution in [0.4, 0.5) is 5.82 Å². The van der Waals surface area contributed by atoms with Crippen LogP contribution in [-0.2, 0) is 10.0 Å². The zero-order chi connectivity index (χ0) is 18.1. The molecule has 132 valence electrons. The van der Waals surface area contributed by atoms with Gasteiger partial charge in [-0.05, 0) is 24.3 Å². The molecule has 0 unspecified atom stereocenters. The summed E-state index contributed by atoms with van der Waals surface area (Å²) >= 11 is 0. The molecule has 4 rings (SSSR count). The van der Waals surface area contributed by atoms with E-state index in [0.717, 1.165) is 5.82 Å². The van der Waals surface area contributed by atoms with Gasteiger partial charge < -0.3 is 9.88 Å². The number of pyridine rings is 2. The summed E-state index contributed by atoms with van der Waals surface area (Å²) in [4.78, 5) is 13.6. The van der Waals surface area contributed by atoms with Crippen molar-refractivity contribution in [1.29, 1.82) is 5.26 Å². The van der Waals surface area contributed by atoms with Crippen LogP contribution < -0.4 is 4.90 Å². The van der Waals surface area contributed by atoms with Gasteiger partial charge in [0.05, 0.1) is 5.56 Å². The molecule has 0 spiro atoms. The molecule has 1 fully saturated rings. The van der Waals surface area contributed by atoms with E-state index in [-0.39, 0.29) is 4.90 Å². The maximum absolute atomic E-state index is 13.0.